The summed E-state index contributed by atoms with van der Waals surface area (Å²) in [4.78, 5) is 3.29. The van der Waals surface area contributed by atoms with E-state index in [0.717, 1.165) is 0 Å². The molecule has 1 aromatic heterocycles. The molecule has 0 atom stereocenters. The van der Waals surface area contributed by atoms with Crippen molar-refractivity contribution in [1.29, 1.82) is 0 Å². The lowest BCUT2D eigenvalue weighted by atomic mass is 10.2. The molecule has 0 aliphatic rings. The number of aromatic nitrogens is 1. The second-order valence-electron chi connectivity index (χ2n) is 2.05. The van der Waals surface area contributed by atoms with Crippen molar-refractivity contribution in [2.24, 2.45) is 0 Å². The Morgan fingerprint density at radius 1 is 1.64 bits per heavy atom. The Morgan fingerprint density at radius 3 is 2.93 bits per heavy atom. The maximum atomic E-state index is 8.18. The predicted molar refractivity (Wildman–Crippen MR) is 67.5 cm³/mol. The molecule has 0 aliphatic carbocycles. The van der Waals surface area contributed by atoms with Gasteiger partial charge in [0.05, 0.1) is 9.48 Å². The van der Waals surface area contributed by atoms with Crippen molar-refractivity contribution in [2.45, 2.75) is 33.3 Å². The van der Waals surface area contributed by atoms with E-state index < -0.39 is 60.9 Å². The number of nitrogens with zero attached hydrogens (tertiary/aromatic N) is 2. The quantitative estimate of drug-likeness (QED) is 0.838. The number of rotatable bonds is 4. The highest BCUT2D eigenvalue weighted by Crippen LogP contribution is 2.34. The van der Waals surface area contributed by atoms with Gasteiger partial charge in [-0.15, -0.1) is 0 Å². The van der Waals surface area contributed by atoms with Gasteiger partial charge >= 0.3 is 0 Å². The van der Waals surface area contributed by atoms with Crippen LogP contribution in [0, 0.1) is 0 Å². The third-order valence-electron chi connectivity index (χ3n) is 1.23. The zero-order valence-corrected chi connectivity index (χ0v) is 9.08. The van der Waals surface area contributed by atoms with Crippen LogP contribution in [0.1, 0.15) is 62.3 Å². The SMILES string of the molecule is [2H]C([2H])([2H])C([2H])([2H])N(c1nc(C([2H])(C([2H])([2H])[2H])C([2H])([2H])[2H])c(Br)s1)C([2H])([2H])C([2H])([2H])[2H]. The lowest BCUT2D eigenvalue weighted by Crippen LogP contribution is -2.21. The molecule has 0 amide bonds. The topological polar surface area (TPSA) is 16.1 Å². The summed E-state index contributed by atoms with van der Waals surface area (Å²) in [5.41, 5.74) is -0.972. The van der Waals surface area contributed by atoms with E-state index >= 15 is 0 Å². The first-order valence-electron chi connectivity index (χ1n) is 11.7. The first-order valence-corrected chi connectivity index (χ1v) is 4.82. The predicted octanol–water partition coefficient (Wildman–Crippen LogP) is 3.88. The highest BCUT2D eigenvalue weighted by Gasteiger charge is 2.14. The van der Waals surface area contributed by atoms with Crippen LogP contribution in [0.2, 0.25) is 0 Å². The van der Waals surface area contributed by atoms with Crippen LogP contribution in [-0.2, 0) is 0 Å². The molecule has 1 aromatic rings. The molecule has 2 nitrogen and oxygen atoms in total. The Balaban J connectivity index is 3.97. The average Bonchev–Trinajstić information content (AvgIpc) is 2.82. The molecule has 0 unspecified atom stereocenters. The van der Waals surface area contributed by atoms with E-state index in [1.165, 1.54) is 0 Å². The summed E-state index contributed by atoms with van der Waals surface area (Å²) in [5.74, 6) is -3.38. The van der Waals surface area contributed by atoms with Gasteiger partial charge in [0.25, 0.3) is 0 Å². The minimum Gasteiger partial charge on any atom is -0.349 e. The largest absolute Gasteiger partial charge is 0.349 e. The van der Waals surface area contributed by atoms with E-state index in [4.69, 9.17) is 23.3 Å². The first kappa shape index (κ1) is 2.43. The zero-order valence-electron chi connectivity index (χ0n) is 23.7. The van der Waals surface area contributed by atoms with Crippen LogP contribution < -0.4 is 4.90 Å². The van der Waals surface area contributed by atoms with Crippen molar-refractivity contribution in [1.82, 2.24) is 4.98 Å². The summed E-state index contributed by atoms with van der Waals surface area (Å²) in [6.07, 6.45) is 0. The van der Waals surface area contributed by atoms with Crippen molar-refractivity contribution >= 4 is 32.4 Å². The minimum atomic E-state index is -3.68. The van der Waals surface area contributed by atoms with Crippen molar-refractivity contribution in [3.8, 4) is 0 Å². The standard InChI is InChI=1S/C10H17BrN2S/c1-5-13(6-2)10-12-8(7(3)4)9(11)14-10/h7H,5-6H2,1-4H3/i1D3,2D3,3D3,4D3,5D2,6D2,7D. The molecule has 0 aliphatic heterocycles. The fourth-order valence-corrected chi connectivity index (χ4v) is 2.11. The summed E-state index contributed by atoms with van der Waals surface area (Å²) in [6.45, 7) is -21.5. The van der Waals surface area contributed by atoms with Crippen LogP contribution in [0.3, 0.4) is 0 Å². The summed E-state index contributed by atoms with van der Waals surface area (Å²) in [7, 11) is 0. The Kier molecular flexibility index (Phi) is 0.888. The normalized spacial score (nSPS) is 35.4. The Hall–Kier alpha value is -0.0900. The maximum Gasteiger partial charge on any atom is 0.186 e. The third kappa shape index (κ3) is 2.48. The first-order chi connectivity index (χ1) is 13.2. The number of halogens is 1. The van der Waals surface area contributed by atoms with Gasteiger partial charge in [-0.1, -0.05) is 25.0 Å². The molecule has 80 valence electrons. The van der Waals surface area contributed by atoms with Crippen LogP contribution in [0.4, 0.5) is 5.13 Å². The molecule has 0 saturated carbocycles. The van der Waals surface area contributed by atoms with Gasteiger partial charge in [-0.05, 0) is 35.5 Å². The van der Waals surface area contributed by atoms with Gasteiger partial charge in [0.15, 0.2) is 5.13 Å². The molecule has 0 spiro atoms. The van der Waals surface area contributed by atoms with Crippen LogP contribution in [0.25, 0.3) is 0 Å². The zero-order chi connectivity index (χ0) is 25.2. The van der Waals surface area contributed by atoms with Gasteiger partial charge in [-0.25, -0.2) is 4.98 Å². The van der Waals surface area contributed by atoms with Crippen molar-refractivity contribution < 1.29 is 23.3 Å². The Labute approximate surface area is 122 Å². The maximum absolute atomic E-state index is 8.18. The van der Waals surface area contributed by atoms with E-state index in [-0.39, 0.29) is 16.2 Å². The Bertz CT molecular complexity index is 760. The van der Waals surface area contributed by atoms with E-state index in [1.54, 1.807) is 0 Å². The molecular formula is C10H17BrN2S. The molecule has 0 N–H and O–H groups in total. The molecule has 1 heterocycles. The average molecular weight is 294 g/mol. The number of anilines is 1. The fourth-order valence-electron chi connectivity index (χ4n) is 0.664. The number of hydrogen-bond donors (Lipinski definition) is 0. The highest BCUT2D eigenvalue weighted by atomic mass is 79.9. The molecule has 0 saturated heterocycles. The molecule has 0 bridgehead atoms. The van der Waals surface area contributed by atoms with Gasteiger partial charge < -0.3 is 4.90 Å². The van der Waals surface area contributed by atoms with E-state index in [0.29, 0.717) is 0 Å². The van der Waals surface area contributed by atoms with Crippen molar-refractivity contribution in [3.05, 3.63) is 9.48 Å². The molecule has 0 aromatic carbocycles. The second kappa shape index (κ2) is 5.12. The molecular weight excluding hydrogens is 260 g/mol. The summed E-state index contributed by atoms with van der Waals surface area (Å²) >= 11 is 3.02. The van der Waals surface area contributed by atoms with Gasteiger partial charge in [0.1, 0.15) is 0 Å². The van der Waals surface area contributed by atoms with Gasteiger partial charge in [-0.2, -0.15) is 0 Å². The molecule has 0 fully saturated rings. The highest BCUT2D eigenvalue weighted by molar-refractivity contribution is 9.11. The minimum absolute atomic E-state index is 0.199. The van der Waals surface area contributed by atoms with Crippen LogP contribution in [0.15, 0.2) is 3.79 Å². The summed E-state index contributed by atoms with van der Waals surface area (Å²) in [5, 5.41) is -0.978. The Morgan fingerprint density at radius 2 is 2.36 bits per heavy atom. The molecule has 1 rings (SSSR count). The van der Waals surface area contributed by atoms with Gasteiger partial charge in [0, 0.05) is 36.3 Å². The van der Waals surface area contributed by atoms with Crippen LogP contribution in [-0.4, -0.2) is 18.0 Å². The van der Waals surface area contributed by atoms with Crippen LogP contribution >= 0.6 is 27.3 Å². The second-order valence-corrected chi connectivity index (χ2v) is 4.35. The van der Waals surface area contributed by atoms with E-state index in [9.17, 15) is 0 Å². The lowest BCUT2D eigenvalue weighted by Gasteiger charge is -2.16. The van der Waals surface area contributed by atoms with E-state index in [2.05, 4.69) is 20.9 Å². The number of thiazole rings is 1. The number of hydrogen-bond acceptors (Lipinski definition) is 3. The lowest BCUT2D eigenvalue weighted by molar-refractivity contribution is 0.808. The van der Waals surface area contributed by atoms with Crippen molar-refractivity contribution in [2.75, 3.05) is 17.9 Å². The monoisotopic (exact) mass is 293 g/mol. The van der Waals surface area contributed by atoms with Crippen LogP contribution in [0.5, 0.6) is 0 Å². The third-order valence-corrected chi connectivity index (χ3v) is 2.92. The fraction of sp³-hybridized carbons (Fsp3) is 0.700. The molecule has 14 heavy (non-hydrogen) atoms. The summed E-state index contributed by atoms with van der Waals surface area (Å²) < 4.78 is 129. The smallest absolute Gasteiger partial charge is 0.186 e. The molecule has 4 heteroatoms. The van der Waals surface area contributed by atoms with Gasteiger partial charge in [-0.3, -0.25) is 0 Å². The summed E-state index contributed by atoms with van der Waals surface area (Å²) in [6, 6.07) is 0. The van der Waals surface area contributed by atoms with Crippen molar-refractivity contribution in [3.63, 3.8) is 0 Å². The van der Waals surface area contributed by atoms with Gasteiger partial charge in [0.2, 0.25) is 0 Å². The molecule has 0 radical (unpaired) electrons. The van der Waals surface area contributed by atoms with E-state index in [1.807, 2.05) is 0 Å².